The van der Waals surface area contributed by atoms with Gasteiger partial charge in [0, 0.05) is 12.6 Å². The SMILES string of the molecule is O=C(O)c1ccc(NCCC2CCC2)o1. The van der Waals surface area contributed by atoms with Crippen LogP contribution < -0.4 is 5.32 Å². The van der Waals surface area contributed by atoms with Gasteiger partial charge >= 0.3 is 5.97 Å². The average molecular weight is 209 g/mol. The van der Waals surface area contributed by atoms with E-state index in [9.17, 15) is 4.79 Å². The van der Waals surface area contributed by atoms with Gasteiger partial charge in [0.05, 0.1) is 0 Å². The number of hydrogen-bond donors (Lipinski definition) is 2. The summed E-state index contributed by atoms with van der Waals surface area (Å²) in [6.45, 7) is 0.858. The minimum absolute atomic E-state index is 0.0128. The number of rotatable bonds is 5. The van der Waals surface area contributed by atoms with Crippen LogP contribution in [0.15, 0.2) is 16.5 Å². The molecule has 15 heavy (non-hydrogen) atoms. The fourth-order valence-corrected chi connectivity index (χ4v) is 1.73. The maximum atomic E-state index is 10.5. The van der Waals surface area contributed by atoms with Gasteiger partial charge in [-0.3, -0.25) is 0 Å². The van der Waals surface area contributed by atoms with Crippen molar-refractivity contribution in [2.24, 2.45) is 5.92 Å². The fourth-order valence-electron chi connectivity index (χ4n) is 1.73. The zero-order valence-electron chi connectivity index (χ0n) is 8.53. The zero-order valence-corrected chi connectivity index (χ0v) is 8.53. The van der Waals surface area contributed by atoms with Gasteiger partial charge in [0.15, 0.2) is 5.88 Å². The predicted molar refractivity (Wildman–Crippen MR) is 56.1 cm³/mol. The van der Waals surface area contributed by atoms with E-state index in [2.05, 4.69) is 5.32 Å². The molecule has 0 bridgehead atoms. The van der Waals surface area contributed by atoms with E-state index in [0.717, 1.165) is 18.9 Å². The Bertz CT molecular complexity index is 341. The van der Waals surface area contributed by atoms with Crippen LogP contribution in [0.2, 0.25) is 0 Å². The normalized spacial score (nSPS) is 16.0. The van der Waals surface area contributed by atoms with Gasteiger partial charge < -0.3 is 14.8 Å². The molecule has 1 aliphatic rings. The molecule has 4 heteroatoms. The molecule has 0 aromatic carbocycles. The molecule has 82 valence electrons. The van der Waals surface area contributed by atoms with E-state index in [1.807, 2.05) is 0 Å². The Morgan fingerprint density at radius 3 is 2.87 bits per heavy atom. The monoisotopic (exact) mass is 209 g/mol. The Balaban J connectivity index is 1.75. The number of anilines is 1. The number of carbonyl (C=O) groups is 1. The summed E-state index contributed by atoms with van der Waals surface area (Å²) in [5.74, 6) is 0.362. The molecule has 2 rings (SSSR count). The molecule has 1 aliphatic carbocycles. The van der Waals surface area contributed by atoms with Crippen molar-refractivity contribution in [3.05, 3.63) is 17.9 Å². The van der Waals surface area contributed by atoms with E-state index in [1.165, 1.54) is 25.3 Å². The van der Waals surface area contributed by atoms with Crippen LogP contribution in [0.5, 0.6) is 0 Å². The molecule has 0 atom stereocenters. The number of nitrogens with one attached hydrogen (secondary N) is 1. The van der Waals surface area contributed by atoms with Crippen LogP contribution in [0.1, 0.15) is 36.2 Å². The molecule has 0 saturated heterocycles. The third-order valence-corrected chi connectivity index (χ3v) is 2.89. The molecule has 4 nitrogen and oxygen atoms in total. The van der Waals surface area contributed by atoms with E-state index in [0.29, 0.717) is 5.88 Å². The van der Waals surface area contributed by atoms with Gasteiger partial charge in [0.25, 0.3) is 0 Å². The molecule has 2 N–H and O–H groups in total. The van der Waals surface area contributed by atoms with Gasteiger partial charge in [-0.05, 0) is 18.4 Å². The van der Waals surface area contributed by atoms with E-state index in [4.69, 9.17) is 9.52 Å². The van der Waals surface area contributed by atoms with Crippen molar-refractivity contribution >= 4 is 11.9 Å². The third kappa shape index (κ3) is 2.52. The highest BCUT2D eigenvalue weighted by Gasteiger charge is 2.16. The molecule has 0 amide bonds. The third-order valence-electron chi connectivity index (χ3n) is 2.89. The first-order valence-corrected chi connectivity index (χ1v) is 5.32. The van der Waals surface area contributed by atoms with Crippen molar-refractivity contribution in [1.82, 2.24) is 0 Å². The maximum Gasteiger partial charge on any atom is 0.371 e. The number of carboxylic acids is 1. The summed E-state index contributed by atoms with van der Waals surface area (Å²) in [6, 6.07) is 3.12. The summed E-state index contributed by atoms with van der Waals surface area (Å²) in [4.78, 5) is 10.5. The second-order valence-corrected chi connectivity index (χ2v) is 3.98. The Hall–Kier alpha value is -1.45. The van der Waals surface area contributed by atoms with Crippen molar-refractivity contribution in [3.8, 4) is 0 Å². The van der Waals surface area contributed by atoms with Crippen LogP contribution in [-0.4, -0.2) is 17.6 Å². The Morgan fingerprint density at radius 1 is 1.53 bits per heavy atom. The van der Waals surface area contributed by atoms with Crippen LogP contribution in [0, 0.1) is 5.92 Å². The number of hydrogen-bond acceptors (Lipinski definition) is 3. The predicted octanol–water partition coefficient (Wildman–Crippen LogP) is 2.58. The summed E-state index contributed by atoms with van der Waals surface area (Å²) in [5, 5.41) is 11.7. The van der Waals surface area contributed by atoms with Crippen LogP contribution in [0.25, 0.3) is 0 Å². The molecule has 1 aromatic heterocycles. The summed E-state index contributed by atoms with van der Waals surface area (Å²) in [5.41, 5.74) is 0. The number of carboxylic acid groups (broad SMARTS) is 1. The lowest BCUT2D eigenvalue weighted by Crippen LogP contribution is -2.15. The van der Waals surface area contributed by atoms with Crippen LogP contribution in [0.3, 0.4) is 0 Å². The first-order chi connectivity index (χ1) is 7.25. The van der Waals surface area contributed by atoms with Gasteiger partial charge in [0.1, 0.15) is 0 Å². The molecule has 0 unspecified atom stereocenters. The summed E-state index contributed by atoms with van der Waals surface area (Å²) < 4.78 is 5.07. The van der Waals surface area contributed by atoms with Crippen molar-refractivity contribution in [1.29, 1.82) is 0 Å². The highest BCUT2D eigenvalue weighted by molar-refractivity contribution is 5.84. The van der Waals surface area contributed by atoms with Gasteiger partial charge in [0.2, 0.25) is 5.76 Å². The zero-order chi connectivity index (χ0) is 10.7. The first-order valence-electron chi connectivity index (χ1n) is 5.32. The lowest BCUT2D eigenvalue weighted by atomic mass is 9.83. The van der Waals surface area contributed by atoms with Crippen molar-refractivity contribution in [2.45, 2.75) is 25.7 Å². The molecular weight excluding hydrogens is 194 g/mol. The minimum atomic E-state index is -1.03. The van der Waals surface area contributed by atoms with Crippen LogP contribution in [-0.2, 0) is 0 Å². The first kappa shape index (κ1) is 10.1. The minimum Gasteiger partial charge on any atom is -0.475 e. The van der Waals surface area contributed by atoms with Gasteiger partial charge in [-0.15, -0.1) is 0 Å². The van der Waals surface area contributed by atoms with E-state index in [-0.39, 0.29) is 5.76 Å². The summed E-state index contributed by atoms with van der Waals surface area (Å²) >= 11 is 0. The molecule has 0 radical (unpaired) electrons. The number of aromatic carboxylic acids is 1. The Labute approximate surface area is 88.3 Å². The maximum absolute atomic E-state index is 10.5. The Morgan fingerprint density at radius 2 is 2.33 bits per heavy atom. The molecule has 1 saturated carbocycles. The highest BCUT2D eigenvalue weighted by atomic mass is 16.4. The van der Waals surface area contributed by atoms with Gasteiger partial charge in [-0.1, -0.05) is 19.3 Å². The molecular formula is C11H15NO3. The lowest BCUT2D eigenvalue weighted by molar-refractivity contribution is 0.0663. The fraction of sp³-hybridized carbons (Fsp3) is 0.545. The average Bonchev–Trinajstić information content (AvgIpc) is 2.57. The largest absolute Gasteiger partial charge is 0.475 e. The highest BCUT2D eigenvalue weighted by Crippen LogP contribution is 2.29. The molecule has 1 fully saturated rings. The summed E-state index contributed by atoms with van der Waals surface area (Å²) in [7, 11) is 0. The molecule has 0 aliphatic heterocycles. The van der Waals surface area contributed by atoms with Gasteiger partial charge in [-0.25, -0.2) is 4.79 Å². The number of furan rings is 1. The van der Waals surface area contributed by atoms with Crippen LogP contribution in [0.4, 0.5) is 5.88 Å². The topological polar surface area (TPSA) is 62.5 Å². The van der Waals surface area contributed by atoms with E-state index < -0.39 is 5.97 Å². The smallest absolute Gasteiger partial charge is 0.371 e. The summed E-state index contributed by atoms with van der Waals surface area (Å²) in [6.07, 6.45) is 5.16. The Kier molecular flexibility index (Phi) is 2.94. The second-order valence-electron chi connectivity index (χ2n) is 3.98. The standard InChI is InChI=1S/C11H15NO3/c13-11(14)9-4-5-10(15-9)12-7-6-8-2-1-3-8/h4-5,8,12H,1-3,6-7H2,(H,13,14). The van der Waals surface area contributed by atoms with Gasteiger partial charge in [-0.2, -0.15) is 0 Å². The van der Waals surface area contributed by atoms with Crippen molar-refractivity contribution in [3.63, 3.8) is 0 Å². The van der Waals surface area contributed by atoms with E-state index >= 15 is 0 Å². The molecule has 0 spiro atoms. The van der Waals surface area contributed by atoms with Crippen molar-refractivity contribution in [2.75, 3.05) is 11.9 Å². The molecule has 1 aromatic rings. The quantitative estimate of drug-likeness (QED) is 0.782. The van der Waals surface area contributed by atoms with Crippen molar-refractivity contribution < 1.29 is 14.3 Å². The lowest BCUT2D eigenvalue weighted by Gasteiger charge is -2.24. The second kappa shape index (κ2) is 4.38. The molecule has 1 heterocycles. The van der Waals surface area contributed by atoms with E-state index in [1.54, 1.807) is 6.07 Å². The van der Waals surface area contributed by atoms with Crippen LogP contribution >= 0.6 is 0 Å².